The number of carbonyl (C=O) groups is 2. The van der Waals surface area contributed by atoms with Gasteiger partial charge < -0.3 is 10.1 Å². The van der Waals surface area contributed by atoms with Gasteiger partial charge in [0.05, 0.1) is 7.11 Å². The van der Waals surface area contributed by atoms with Crippen LogP contribution in [-0.4, -0.2) is 25.3 Å². The lowest BCUT2D eigenvalue weighted by atomic mass is 10.5. The summed E-state index contributed by atoms with van der Waals surface area (Å²) in [7, 11) is 1.24. The van der Waals surface area contributed by atoms with Gasteiger partial charge in [0.25, 0.3) is 0 Å². The Hall–Kier alpha value is -1.30. The van der Waals surface area contributed by atoms with Gasteiger partial charge in [0.2, 0.25) is 0 Å². The highest BCUT2D eigenvalue weighted by Gasteiger charge is 2.26. The van der Waals surface area contributed by atoms with Crippen molar-refractivity contribution in [2.24, 2.45) is 0 Å². The SMILES string of the molecule is COC(=O)C1NNC(=O)N1. The van der Waals surface area contributed by atoms with Crippen molar-refractivity contribution < 1.29 is 14.3 Å². The highest BCUT2D eigenvalue weighted by atomic mass is 16.5. The number of nitrogens with one attached hydrogen (secondary N) is 3. The molecular weight excluding hydrogens is 138 g/mol. The summed E-state index contributed by atoms with van der Waals surface area (Å²) in [6.45, 7) is 0. The minimum absolute atomic E-state index is 0.435. The molecule has 6 heteroatoms. The van der Waals surface area contributed by atoms with E-state index >= 15 is 0 Å². The molecule has 1 heterocycles. The second-order valence-electron chi connectivity index (χ2n) is 1.70. The van der Waals surface area contributed by atoms with Gasteiger partial charge in [0.15, 0.2) is 6.17 Å². The lowest BCUT2D eigenvalue weighted by Crippen LogP contribution is -2.41. The molecule has 1 atom stereocenters. The maximum absolute atomic E-state index is 10.6. The van der Waals surface area contributed by atoms with E-state index in [4.69, 9.17) is 0 Å². The number of urea groups is 1. The number of hydrogen-bond acceptors (Lipinski definition) is 4. The van der Waals surface area contributed by atoms with Crippen LogP contribution in [-0.2, 0) is 9.53 Å². The first-order valence-corrected chi connectivity index (χ1v) is 2.64. The fraction of sp³-hybridized carbons (Fsp3) is 0.500. The Morgan fingerprint density at radius 2 is 2.40 bits per heavy atom. The Morgan fingerprint density at radius 3 is 2.80 bits per heavy atom. The molecule has 6 nitrogen and oxygen atoms in total. The maximum Gasteiger partial charge on any atom is 0.345 e. The van der Waals surface area contributed by atoms with Crippen molar-refractivity contribution in [3.05, 3.63) is 0 Å². The summed E-state index contributed by atoms with van der Waals surface area (Å²) in [5.41, 5.74) is 4.56. The van der Waals surface area contributed by atoms with Crippen LogP contribution in [0.3, 0.4) is 0 Å². The topological polar surface area (TPSA) is 79.5 Å². The zero-order valence-electron chi connectivity index (χ0n) is 5.30. The lowest BCUT2D eigenvalue weighted by Gasteiger charge is -2.03. The number of amides is 2. The molecule has 1 rings (SSSR count). The molecule has 1 saturated heterocycles. The first-order valence-electron chi connectivity index (χ1n) is 2.64. The molecule has 0 spiro atoms. The highest BCUT2D eigenvalue weighted by Crippen LogP contribution is 1.86. The molecule has 0 saturated carbocycles. The Kier molecular flexibility index (Phi) is 1.72. The van der Waals surface area contributed by atoms with Crippen LogP contribution in [0.1, 0.15) is 0 Å². The Balaban J connectivity index is 2.44. The molecule has 3 N–H and O–H groups in total. The van der Waals surface area contributed by atoms with E-state index in [1.807, 2.05) is 0 Å². The molecule has 1 aliphatic rings. The molecule has 10 heavy (non-hydrogen) atoms. The minimum atomic E-state index is -0.766. The fourth-order valence-electron chi connectivity index (χ4n) is 0.577. The molecule has 0 aliphatic carbocycles. The van der Waals surface area contributed by atoms with E-state index in [0.717, 1.165) is 0 Å². The quantitative estimate of drug-likeness (QED) is 0.384. The van der Waals surface area contributed by atoms with E-state index in [1.165, 1.54) is 7.11 Å². The molecular formula is C4H7N3O3. The average molecular weight is 145 g/mol. The van der Waals surface area contributed by atoms with Crippen LogP contribution in [0.15, 0.2) is 0 Å². The predicted molar refractivity (Wildman–Crippen MR) is 30.6 cm³/mol. The monoisotopic (exact) mass is 145 g/mol. The zero-order chi connectivity index (χ0) is 7.56. The molecule has 2 amide bonds. The van der Waals surface area contributed by atoms with Gasteiger partial charge in [-0.05, 0) is 0 Å². The van der Waals surface area contributed by atoms with E-state index < -0.39 is 18.2 Å². The summed E-state index contributed by atoms with van der Waals surface area (Å²) in [6.07, 6.45) is -0.766. The van der Waals surface area contributed by atoms with Gasteiger partial charge in [0.1, 0.15) is 0 Å². The van der Waals surface area contributed by atoms with Crippen LogP contribution in [0.25, 0.3) is 0 Å². The maximum atomic E-state index is 10.6. The number of esters is 1. The molecule has 1 unspecified atom stereocenters. The third kappa shape index (κ3) is 1.16. The van der Waals surface area contributed by atoms with Crippen LogP contribution >= 0.6 is 0 Å². The summed E-state index contributed by atoms with van der Waals surface area (Å²) in [5, 5.41) is 2.27. The normalized spacial score (nSPS) is 23.3. The van der Waals surface area contributed by atoms with Crippen molar-refractivity contribution in [2.45, 2.75) is 6.17 Å². The van der Waals surface area contributed by atoms with Crippen LogP contribution in [0.4, 0.5) is 4.79 Å². The fourth-order valence-corrected chi connectivity index (χ4v) is 0.577. The standard InChI is InChI=1S/C4H7N3O3/c1-10-3(8)2-5-4(9)7-6-2/h2,6H,1H3,(H2,5,7,9). The molecule has 1 aliphatic heterocycles. The van der Waals surface area contributed by atoms with E-state index in [9.17, 15) is 9.59 Å². The van der Waals surface area contributed by atoms with Crippen LogP contribution in [0.5, 0.6) is 0 Å². The van der Waals surface area contributed by atoms with Gasteiger partial charge in [-0.1, -0.05) is 0 Å². The summed E-state index contributed by atoms with van der Waals surface area (Å²) in [5.74, 6) is -0.529. The smallest absolute Gasteiger partial charge is 0.345 e. The van der Waals surface area contributed by atoms with Gasteiger partial charge in [-0.3, -0.25) is 5.43 Å². The molecule has 56 valence electrons. The number of carbonyl (C=O) groups excluding carboxylic acids is 2. The van der Waals surface area contributed by atoms with Gasteiger partial charge in [0, 0.05) is 0 Å². The van der Waals surface area contributed by atoms with Crippen molar-refractivity contribution >= 4 is 12.0 Å². The number of ether oxygens (including phenoxy) is 1. The van der Waals surface area contributed by atoms with Gasteiger partial charge in [-0.15, -0.1) is 0 Å². The largest absolute Gasteiger partial charge is 0.466 e. The van der Waals surface area contributed by atoms with E-state index in [0.29, 0.717) is 0 Å². The van der Waals surface area contributed by atoms with Gasteiger partial charge in [-0.25, -0.2) is 15.0 Å². The van der Waals surface area contributed by atoms with Gasteiger partial charge in [-0.2, -0.15) is 0 Å². The second-order valence-corrected chi connectivity index (χ2v) is 1.70. The van der Waals surface area contributed by atoms with Gasteiger partial charge >= 0.3 is 12.0 Å². The van der Waals surface area contributed by atoms with E-state index in [-0.39, 0.29) is 0 Å². The average Bonchev–Trinajstić information content (AvgIpc) is 2.34. The van der Waals surface area contributed by atoms with E-state index in [2.05, 4.69) is 20.9 Å². The molecule has 0 aromatic rings. The zero-order valence-corrected chi connectivity index (χ0v) is 5.30. The molecule has 0 aromatic heterocycles. The summed E-state index contributed by atoms with van der Waals surface area (Å²) < 4.78 is 4.33. The Labute approximate surface area is 56.9 Å². The van der Waals surface area contributed by atoms with Crippen LogP contribution in [0.2, 0.25) is 0 Å². The highest BCUT2D eigenvalue weighted by molar-refractivity contribution is 5.85. The predicted octanol–water partition coefficient (Wildman–Crippen LogP) is -1.70. The summed E-state index contributed by atoms with van der Waals surface area (Å²) >= 11 is 0. The van der Waals surface area contributed by atoms with Crippen molar-refractivity contribution in [3.8, 4) is 0 Å². The first-order chi connectivity index (χ1) is 4.74. The molecule has 1 fully saturated rings. The van der Waals surface area contributed by atoms with Crippen molar-refractivity contribution in [1.82, 2.24) is 16.2 Å². The third-order valence-electron chi connectivity index (χ3n) is 1.04. The Morgan fingerprint density at radius 1 is 1.70 bits per heavy atom. The van der Waals surface area contributed by atoms with E-state index in [1.54, 1.807) is 0 Å². The van der Waals surface area contributed by atoms with Crippen LogP contribution in [0, 0.1) is 0 Å². The summed E-state index contributed by atoms with van der Waals surface area (Å²) in [6, 6.07) is -0.435. The molecule has 0 aromatic carbocycles. The number of hydrazine groups is 1. The lowest BCUT2D eigenvalue weighted by molar-refractivity contribution is -0.143. The number of methoxy groups -OCH3 is 1. The minimum Gasteiger partial charge on any atom is -0.466 e. The van der Waals surface area contributed by atoms with Crippen LogP contribution < -0.4 is 16.2 Å². The number of rotatable bonds is 1. The third-order valence-corrected chi connectivity index (χ3v) is 1.04. The first kappa shape index (κ1) is 6.81. The van der Waals surface area contributed by atoms with Crippen molar-refractivity contribution in [3.63, 3.8) is 0 Å². The van der Waals surface area contributed by atoms with Crippen molar-refractivity contribution in [2.75, 3.05) is 7.11 Å². The molecule has 0 bridgehead atoms. The summed E-state index contributed by atoms with van der Waals surface area (Å²) in [4.78, 5) is 21.0. The number of hydrogen-bond donors (Lipinski definition) is 3. The Bertz CT molecular complexity index is 169. The molecule has 0 radical (unpaired) electrons. The van der Waals surface area contributed by atoms with Crippen molar-refractivity contribution in [1.29, 1.82) is 0 Å². The second kappa shape index (κ2) is 2.53.